The number of ether oxygens (including phenoxy) is 1. The van der Waals surface area contributed by atoms with Crippen LogP contribution < -0.4 is 0 Å². The molecule has 3 rings (SSSR count). The maximum Gasteiger partial charge on any atom is 0.310 e. The zero-order valence-corrected chi connectivity index (χ0v) is 17.1. The Morgan fingerprint density at radius 3 is 2.84 bits per heavy atom. The number of esters is 1. The van der Waals surface area contributed by atoms with E-state index >= 15 is 0 Å². The Labute approximate surface area is 161 Å². The van der Waals surface area contributed by atoms with E-state index in [0.29, 0.717) is 36.1 Å². The molecule has 1 fully saturated rings. The van der Waals surface area contributed by atoms with Gasteiger partial charge < -0.3 is 4.74 Å². The summed E-state index contributed by atoms with van der Waals surface area (Å²) in [5, 5.41) is 0. The van der Waals surface area contributed by atoms with Crippen molar-refractivity contribution in [2.45, 2.75) is 36.3 Å². The second-order valence-electron chi connectivity index (χ2n) is 6.54. The summed E-state index contributed by atoms with van der Waals surface area (Å²) in [4.78, 5) is 12.4. The van der Waals surface area contributed by atoms with E-state index in [1.165, 1.54) is 15.6 Å². The van der Waals surface area contributed by atoms with Gasteiger partial charge in [-0.05, 0) is 66.1 Å². The predicted molar refractivity (Wildman–Crippen MR) is 101 cm³/mol. The van der Waals surface area contributed by atoms with Crippen molar-refractivity contribution in [3.63, 3.8) is 0 Å². The molecule has 1 saturated heterocycles. The molecule has 1 aliphatic heterocycles. The molecule has 0 amide bonds. The third-order valence-corrected chi connectivity index (χ3v) is 8.66. The van der Waals surface area contributed by atoms with E-state index in [-0.39, 0.29) is 18.4 Å². The first-order valence-corrected chi connectivity index (χ1v) is 11.6. The fourth-order valence-corrected chi connectivity index (χ4v) is 6.93. The Kier molecular flexibility index (Phi) is 6.35. The number of sulfonamides is 1. The molecular weight excluding hydrogens is 426 g/mol. The quantitative estimate of drug-likeness (QED) is 0.508. The van der Waals surface area contributed by atoms with Crippen molar-refractivity contribution in [2.24, 2.45) is 11.8 Å². The van der Waals surface area contributed by atoms with Crippen LogP contribution in [-0.2, 0) is 19.6 Å². The number of carbonyl (C=O) groups is 1. The Morgan fingerprint density at radius 1 is 1.32 bits per heavy atom. The zero-order chi connectivity index (χ0) is 17.9. The predicted octanol–water partition coefficient (Wildman–Crippen LogP) is 3.81. The highest BCUT2D eigenvalue weighted by Crippen LogP contribution is 2.31. The summed E-state index contributed by atoms with van der Waals surface area (Å²) in [6, 6.07) is 3.33. The summed E-state index contributed by atoms with van der Waals surface area (Å²) < 4.78 is 33.5. The maximum atomic E-state index is 12.7. The molecule has 0 aromatic carbocycles. The molecule has 1 aromatic rings. The molecule has 0 N–H and O–H groups in total. The van der Waals surface area contributed by atoms with E-state index < -0.39 is 10.0 Å². The molecular formula is C17H22BrNO4S2. The van der Waals surface area contributed by atoms with Crippen LogP contribution in [0.5, 0.6) is 0 Å². The van der Waals surface area contributed by atoms with Gasteiger partial charge in [0, 0.05) is 13.1 Å². The lowest BCUT2D eigenvalue weighted by Crippen LogP contribution is -2.42. The van der Waals surface area contributed by atoms with Crippen molar-refractivity contribution in [1.82, 2.24) is 4.31 Å². The number of allylic oxidation sites excluding steroid dienone is 2. The van der Waals surface area contributed by atoms with Gasteiger partial charge in [0.25, 0.3) is 10.0 Å². The van der Waals surface area contributed by atoms with Crippen LogP contribution in [0.15, 0.2) is 32.3 Å². The topological polar surface area (TPSA) is 63.7 Å². The van der Waals surface area contributed by atoms with Gasteiger partial charge in [0.05, 0.1) is 16.3 Å². The molecule has 0 bridgehead atoms. The van der Waals surface area contributed by atoms with Crippen molar-refractivity contribution in [2.75, 3.05) is 19.7 Å². The minimum Gasteiger partial charge on any atom is -0.465 e. The van der Waals surface area contributed by atoms with E-state index in [9.17, 15) is 13.2 Å². The van der Waals surface area contributed by atoms with Crippen LogP contribution in [0.1, 0.15) is 32.1 Å². The lowest BCUT2D eigenvalue weighted by molar-refractivity contribution is -0.151. The van der Waals surface area contributed by atoms with Gasteiger partial charge >= 0.3 is 5.97 Å². The molecule has 8 heteroatoms. The Hall–Kier alpha value is -0.700. The number of halogens is 1. The fraction of sp³-hybridized carbons (Fsp3) is 0.588. The van der Waals surface area contributed by atoms with E-state index in [2.05, 4.69) is 28.1 Å². The molecule has 1 aliphatic carbocycles. The van der Waals surface area contributed by atoms with E-state index in [4.69, 9.17) is 4.74 Å². The molecule has 2 heterocycles. The van der Waals surface area contributed by atoms with Gasteiger partial charge in [-0.25, -0.2) is 8.42 Å². The minimum atomic E-state index is -3.54. The molecule has 25 heavy (non-hydrogen) atoms. The molecule has 138 valence electrons. The second-order valence-corrected chi connectivity index (χ2v) is 11.2. The Balaban J connectivity index is 1.58. The van der Waals surface area contributed by atoms with Crippen molar-refractivity contribution in [3.05, 3.63) is 28.1 Å². The summed E-state index contributed by atoms with van der Waals surface area (Å²) in [7, 11) is -3.54. The lowest BCUT2D eigenvalue weighted by Gasteiger charge is -2.30. The first kappa shape index (κ1) is 19.1. The van der Waals surface area contributed by atoms with E-state index in [0.717, 1.165) is 23.0 Å². The zero-order valence-electron chi connectivity index (χ0n) is 13.9. The summed E-state index contributed by atoms with van der Waals surface area (Å²) in [5.41, 5.74) is 0. The average molecular weight is 448 g/mol. The minimum absolute atomic E-state index is 0.210. The highest BCUT2D eigenvalue weighted by Gasteiger charge is 2.35. The number of hydrogen-bond acceptors (Lipinski definition) is 5. The molecule has 0 saturated carbocycles. The Morgan fingerprint density at radius 2 is 2.16 bits per heavy atom. The van der Waals surface area contributed by atoms with Gasteiger partial charge in [0.1, 0.15) is 4.21 Å². The van der Waals surface area contributed by atoms with Crippen LogP contribution in [0.25, 0.3) is 0 Å². The van der Waals surface area contributed by atoms with Gasteiger partial charge in [-0.15, -0.1) is 11.3 Å². The maximum absolute atomic E-state index is 12.7. The van der Waals surface area contributed by atoms with Crippen molar-refractivity contribution in [1.29, 1.82) is 0 Å². The molecule has 1 aromatic heterocycles. The third-order valence-electron chi connectivity index (χ3n) is 4.70. The highest BCUT2D eigenvalue weighted by molar-refractivity contribution is 9.11. The number of nitrogens with zero attached hydrogens (tertiary/aromatic N) is 1. The first-order chi connectivity index (χ1) is 12.0. The largest absolute Gasteiger partial charge is 0.465 e. The standard InChI is InChI=1S/C17H22BrNO4S2/c18-15-8-9-16(24-15)25(21,22)19-10-4-7-14(11-19)17(20)23-12-13-5-2-1-3-6-13/h1-2,8-9,13-14H,3-7,10-12H2. The van der Waals surface area contributed by atoms with Crippen LogP contribution in [0.2, 0.25) is 0 Å². The van der Waals surface area contributed by atoms with Gasteiger partial charge in [-0.3, -0.25) is 4.79 Å². The fourth-order valence-electron chi connectivity index (χ4n) is 3.24. The van der Waals surface area contributed by atoms with Crippen LogP contribution in [0.4, 0.5) is 0 Å². The molecule has 2 unspecified atom stereocenters. The SMILES string of the molecule is O=C(OCC1CC=CCC1)C1CCCN(S(=O)(=O)c2ccc(Br)s2)C1. The second kappa shape index (κ2) is 8.33. The number of rotatable bonds is 5. The third kappa shape index (κ3) is 4.72. The first-order valence-electron chi connectivity index (χ1n) is 8.54. The molecule has 2 aliphatic rings. The molecule has 0 spiro atoms. The van der Waals surface area contributed by atoms with Crippen molar-refractivity contribution < 1.29 is 17.9 Å². The number of hydrogen-bond donors (Lipinski definition) is 0. The molecule has 2 atom stereocenters. The molecule has 0 radical (unpaired) electrons. The summed E-state index contributed by atoms with van der Waals surface area (Å²) in [6.07, 6.45) is 8.68. The van der Waals surface area contributed by atoms with Crippen LogP contribution in [0.3, 0.4) is 0 Å². The normalized spacial score (nSPS) is 25.0. The number of thiophene rings is 1. The van der Waals surface area contributed by atoms with E-state index in [1.54, 1.807) is 12.1 Å². The van der Waals surface area contributed by atoms with Crippen LogP contribution in [-0.4, -0.2) is 38.4 Å². The van der Waals surface area contributed by atoms with Crippen LogP contribution >= 0.6 is 27.3 Å². The van der Waals surface area contributed by atoms with Crippen LogP contribution in [0, 0.1) is 11.8 Å². The lowest BCUT2D eigenvalue weighted by atomic mass is 9.95. The number of piperidine rings is 1. The Bertz CT molecular complexity index is 744. The monoisotopic (exact) mass is 447 g/mol. The average Bonchev–Trinajstić information content (AvgIpc) is 3.08. The van der Waals surface area contributed by atoms with E-state index in [1.807, 2.05) is 0 Å². The number of carbonyl (C=O) groups excluding carboxylic acids is 1. The summed E-state index contributed by atoms with van der Waals surface area (Å²) in [5.74, 6) is -0.242. The smallest absolute Gasteiger partial charge is 0.310 e. The van der Waals surface area contributed by atoms with Crippen molar-refractivity contribution in [3.8, 4) is 0 Å². The highest BCUT2D eigenvalue weighted by atomic mass is 79.9. The summed E-state index contributed by atoms with van der Waals surface area (Å²) >= 11 is 4.49. The molecule has 5 nitrogen and oxygen atoms in total. The van der Waals surface area contributed by atoms with Gasteiger partial charge in [-0.2, -0.15) is 4.31 Å². The van der Waals surface area contributed by atoms with Crippen molar-refractivity contribution >= 4 is 43.3 Å². The van der Waals surface area contributed by atoms with Gasteiger partial charge in [-0.1, -0.05) is 12.2 Å². The van der Waals surface area contributed by atoms with Gasteiger partial charge in [0.15, 0.2) is 0 Å². The summed E-state index contributed by atoms with van der Waals surface area (Å²) in [6.45, 7) is 1.10. The van der Waals surface area contributed by atoms with Gasteiger partial charge in [0.2, 0.25) is 0 Å².